The van der Waals surface area contributed by atoms with Crippen molar-refractivity contribution in [3.63, 3.8) is 0 Å². The van der Waals surface area contributed by atoms with E-state index in [-0.39, 0.29) is 28.2 Å². The molecule has 0 aliphatic heterocycles. The quantitative estimate of drug-likeness (QED) is 0.302. The number of sulfonamides is 1. The second-order valence-corrected chi connectivity index (χ2v) is 9.33. The first kappa shape index (κ1) is 26.8. The Bertz CT molecular complexity index is 1270. The molecule has 14 heteroatoms. The third-order valence-corrected chi connectivity index (χ3v) is 5.53. The van der Waals surface area contributed by atoms with Crippen molar-refractivity contribution in [2.24, 2.45) is 7.05 Å². The molecular weight excluding hydrogens is 484 g/mol. The minimum atomic E-state index is -4.75. The second-order valence-electron chi connectivity index (χ2n) is 7.58. The molecule has 2 rings (SSSR count). The zero-order valence-electron chi connectivity index (χ0n) is 18.7. The Balaban J connectivity index is 2.35. The van der Waals surface area contributed by atoms with E-state index in [2.05, 4.69) is 5.32 Å². The summed E-state index contributed by atoms with van der Waals surface area (Å²) in [6, 6.07) is 0.878. The Morgan fingerprint density at radius 3 is 2.24 bits per heavy atom. The molecule has 9 nitrogen and oxygen atoms in total. The monoisotopic (exact) mass is 506 g/mol. The molecule has 2 aromatic rings. The van der Waals surface area contributed by atoms with Crippen LogP contribution < -0.4 is 15.4 Å². The van der Waals surface area contributed by atoms with Gasteiger partial charge in [-0.15, -0.1) is 0 Å². The number of carbonyl (C=O) groups excluding carboxylic acids is 3. The number of Topliss-reactive ketones (excluding diaryl/α,β-unsaturated/α-hetero) is 1. The number of hydrogen-bond acceptors (Lipinski definition) is 5. The van der Waals surface area contributed by atoms with Gasteiger partial charge in [0.2, 0.25) is 10.0 Å². The van der Waals surface area contributed by atoms with Gasteiger partial charge in [-0.3, -0.25) is 19.1 Å². The number of nitrogens with zero attached hydrogens (tertiary/aromatic N) is 1. The molecule has 1 atom stereocenters. The Hall–Kier alpha value is -3.42. The van der Waals surface area contributed by atoms with Gasteiger partial charge in [0.1, 0.15) is 11.9 Å². The van der Waals surface area contributed by atoms with Gasteiger partial charge >= 0.3 is 6.18 Å². The predicted molar refractivity (Wildman–Crippen MR) is 116 cm³/mol. The second kappa shape index (κ2) is 9.44. The van der Waals surface area contributed by atoms with Gasteiger partial charge in [0.15, 0.2) is 0 Å². The molecule has 0 fully saturated rings. The fraction of sp³-hybridized carbons (Fsp3) is 0.350. The van der Waals surface area contributed by atoms with Crippen LogP contribution in [0.4, 0.5) is 28.9 Å². The molecule has 34 heavy (non-hydrogen) atoms. The van der Waals surface area contributed by atoms with Crippen molar-refractivity contribution in [1.29, 1.82) is 0 Å². The van der Waals surface area contributed by atoms with Crippen LogP contribution in [0.15, 0.2) is 18.2 Å². The van der Waals surface area contributed by atoms with E-state index in [1.165, 1.54) is 31.5 Å². The summed E-state index contributed by atoms with van der Waals surface area (Å²) in [7, 11) is -2.44. The van der Waals surface area contributed by atoms with Crippen LogP contribution in [0.3, 0.4) is 0 Å². The number of amides is 2. The molecule has 1 heterocycles. The lowest BCUT2D eigenvalue weighted by molar-refractivity contribution is -0.156. The molecule has 0 radical (unpaired) electrons. The van der Waals surface area contributed by atoms with E-state index in [0.29, 0.717) is 6.92 Å². The van der Waals surface area contributed by atoms with Gasteiger partial charge < -0.3 is 15.2 Å². The number of benzene rings is 1. The van der Waals surface area contributed by atoms with Crippen molar-refractivity contribution < 1.29 is 40.4 Å². The van der Waals surface area contributed by atoms with Crippen molar-refractivity contribution in [1.82, 2.24) is 9.88 Å². The molecule has 1 aromatic heterocycles. The molecule has 0 saturated heterocycles. The highest BCUT2D eigenvalue weighted by molar-refractivity contribution is 7.92. The van der Waals surface area contributed by atoms with Crippen LogP contribution in [-0.2, 0) is 21.9 Å². The molecule has 3 N–H and O–H groups in total. The summed E-state index contributed by atoms with van der Waals surface area (Å²) in [5, 5.41) is 4.02. The zero-order chi connectivity index (χ0) is 26.2. The average molecular weight is 506 g/mol. The Morgan fingerprint density at radius 2 is 1.71 bits per heavy atom. The van der Waals surface area contributed by atoms with Crippen molar-refractivity contribution in [3.05, 3.63) is 46.5 Å². The van der Waals surface area contributed by atoms with E-state index in [9.17, 15) is 40.4 Å². The number of rotatable bonds is 7. The van der Waals surface area contributed by atoms with Gasteiger partial charge in [-0.05, 0) is 44.5 Å². The van der Waals surface area contributed by atoms with Crippen molar-refractivity contribution >= 4 is 39.0 Å². The third-order valence-electron chi connectivity index (χ3n) is 4.94. The van der Waals surface area contributed by atoms with E-state index in [0.717, 1.165) is 18.4 Å². The highest BCUT2D eigenvalue weighted by Gasteiger charge is 2.39. The lowest BCUT2D eigenvalue weighted by Gasteiger charge is -2.16. The molecule has 0 unspecified atom stereocenters. The minimum absolute atomic E-state index is 0.0184. The van der Waals surface area contributed by atoms with Crippen molar-refractivity contribution in [3.8, 4) is 0 Å². The first-order valence-electron chi connectivity index (χ1n) is 9.60. The summed E-state index contributed by atoms with van der Waals surface area (Å²) in [6.07, 6.45) is -3.93. The summed E-state index contributed by atoms with van der Waals surface area (Å²) < 4.78 is 78.0. The van der Waals surface area contributed by atoms with E-state index < -0.39 is 51.3 Å². The van der Waals surface area contributed by atoms with Gasteiger partial charge in [0, 0.05) is 18.4 Å². The van der Waals surface area contributed by atoms with Crippen LogP contribution in [0.5, 0.6) is 0 Å². The summed E-state index contributed by atoms with van der Waals surface area (Å²) in [5.74, 6) is -4.41. The van der Waals surface area contributed by atoms with Crippen LogP contribution in [0.1, 0.15) is 39.0 Å². The van der Waals surface area contributed by atoms with Crippen molar-refractivity contribution in [2.45, 2.75) is 33.0 Å². The zero-order valence-corrected chi connectivity index (χ0v) is 19.5. The smallest absolute Gasteiger partial charge is 0.344 e. The summed E-state index contributed by atoms with van der Waals surface area (Å²) in [5.41, 5.74) is -0.448. The molecule has 0 spiro atoms. The first-order chi connectivity index (χ1) is 15.4. The molecule has 186 valence electrons. The van der Waals surface area contributed by atoms with Gasteiger partial charge in [0.05, 0.1) is 23.2 Å². The van der Waals surface area contributed by atoms with Crippen molar-refractivity contribution in [2.75, 3.05) is 16.3 Å². The molecule has 0 aliphatic carbocycles. The predicted octanol–water partition coefficient (Wildman–Crippen LogP) is 2.65. The first-order valence-corrected chi connectivity index (χ1v) is 11.5. The van der Waals surface area contributed by atoms with Crippen LogP contribution in [0.25, 0.3) is 0 Å². The molecule has 1 aromatic carbocycles. The number of aromatic nitrogens is 1. The van der Waals surface area contributed by atoms with E-state index in [1.54, 1.807) is 5.32 Å². The van der Waals surface area contributed by atoms with Crippen LogP contribution in [0, 0.1) is 19.7 Å². The summed E-state index contributed by atoms with van der Waals surface area (Å²) in [6.45, 7) is 3.48. The van der Waals surface area contributed by atoms with Gasteiger partial charge in [0.25, 0.3) is 17.6 Å². The number of halogens is 4. The Labute approximate surface area is 192 Å². The van der Waals surface area contributed by atoms with Crippen LogP contribution in [-0.4, -0.2) is 49.1 Å². The maximum Gasteiger partial charge on any atom is 0.408 e. The Morgan fingerprint density at radius 1 is 1.12 bits per heavy atom. The minimum Gasteiger partial charge on any atom is -0.344 e. The van der Waals surface area contributed by atoms with E-state index in [1.807, 2.05) is 4.72 Å². The fourth-order valence-electron chi connectivity index (χ4n) is 3.16. The van der Waals surface area contributed by atoms with E-state index in [4.69, 9.17) is 0 Å². The summed E-state index contributed by atoms with van der Waals surface area (Å²) >= 11 is 0. The maximum atomic E-state index is 13.9. The molecule has 0 saturated carbocycles. The van der Waals surface area contributed by atoms with Gasteiger partial charge in [-0.2, -0.15) is 13.2 Å². The number of anilines is 2. The number of hydrogen-bond donors (Lipinski definition) is 3. The molecule has 2 amide bonds. The number of nitrogens with one attached hydrogen (secondary N) is 3. The average Bonchev–Trinajstić information content (AvgIpc) is 2.90. The number of ketones is 1. The highest BCUT2D eigenvalue weighted by atomic mass is 32.2. The SMILES string of the molecule is Cc1c(C(=O)Nc2ccc(F)c(NS(C)(=O)=O)c2)c(C)n(C)c1C(=O)C(=O)N[C@@H](C)C(F)(F)F. The van der Waals surface area contributed by atoms with Gasteiger partial charge in [-0.1, -0.05) is 0 Å². The number of alkyl halides is 3. The normalized spacial score (nSPS) is 12.7. The summed E-state index contributed by atoms with van der Waals surface area (Å²) in [4.78, 5) is 37.6. The van der Waals surface area contributed by atoms with Gasteiger partial charge in [-0.25, -0.2) is 12.8 Å². The highest BCUT2D eigenvalue weighted by Crippen LogP contribution is 2.26. The van der Waals surface area contributed by atoms with E-state index >= 15 is 0 Å². The topological polar surface area (TPSA) is 126 Å². The third kappa shape index (κ3) is 5.92. The lowest BCUT2D eigenvalue weighted by Crippen LogP contribution is -2.46. The largest absolute Gasteiger partial charge is 0.408 e. The molecular formula is C20H22F4N4O5S. The van der Waals surface area contributed by atoms with Crippen LogP contribution >= 0.6 is 0 Å². The molecule has 0 aliphatic rings. The standard InChI is InChI=1S/C20H22F4N4O5S/c1-9-15(18(30)26-12-6-7-13(21)14(8-12)27-34(5,32)33)10(2)28(4)16(9)17(29)19(31)25-11(3)20(22,23)24/h6-8,11,27H,1-5H3,(H,25,31)(H,26,30)/t11-/m0/s1. The lowest BCUT2D eigenvalue weighted by atomic mass is 10.1. The number of carbonyl (C=O) groups is 3. The maximum absolute atomic E-state index is 13.9. The molecule has 0 bridgehead atoms. The van der Waals surface area contributed by atoms with Crippen LogP contribution in [0.2, 0.25) is 0 Å². The fourth-order valence-corrected chi connectivity index (χ4v) is 3.72. The Kier molecular flexibility index (Phi) is 7.45.